The van der Waals surface area contributed by atoms with Gasteiger partial charge in [0.1, 0.15) is 11.6 Å². The van der Waals surface area contributed by atoms with Gasteiger partial charge in [-0.2, -0.15) is 0 Å². The van der Waals surface area contributed by atoms with E-state index in [0.717, 1.165) is 51.9 Å². The van der Waals surface area contributed by atoms with E-state index in [1.807, 2.05) is 0 Å². The van der Waals surface area contributed by atoms with Crippen LogP contribution in [0.3, 0.4) is 0 Å². The summed E-state index contributed by atoms with van der Waals surface area (Å²) in [4.78, 5) is 2.24. The summed E-state index contributed by atoms with van der Waals surface area (Å²) in [5, 5.41) is 3.42. The molecule has 1 N–H and O–H groups in total. The highest BCUT2D eigenvalue weighted by molar-refractivity contribution is 6.30. The van der Waals surface area contributed by atoms with Gasteiger partial charge in [0.15, 0.2) is 0 Å². The SMILES string of the molecule is Cl.Fc1cc(Cl)cc(F)c1[C@H](C1CCCC1)N1CCNCC1. The van der Waals surface area contributed by atoms with Crippen LogP contribution in [0.2, 0.25) is 5.02 Å². The lowest BCUT2D eigenvalue weighted by Crippen LogP contribution is -2.47. The molecule has 1 saturated heterocycles. The first-order chi connectivity index (χ1) is 10.2. The maximum Gasteiger partial charge on any atom is 0.132 e. The number of hydrogen-bond acceptors (Lipinski definition) is 2. The molecule has 0 spiro atoms. The van der Waals surface area contributed by atoms with Crippen LogP contribution in [0.4, 0.5) is 8.78 Å². The third kappa shape index (κ3) is 3.73. The fourth-order valence-corrected chi connectivity index (χ4v) is 3.98. The summed E-state index contributed by atoms with van der Waals surface area (Å²) in [6.45, 7) is 3.42. The van der Waals surface area contributed by atoms with E-state index in [4.69, 9.17) is 11.6 Å². The number of nitrogens with zero attached hydrogens (tertiary/aromatic N) is 1. The first-order valence-corrected chi connectivity index (χ1v) is 8.14. The summed E-state index contributed by atoms with van der Waals surface area (Å²) in [6, 6.07) is 2.32. The van der Waals surface area contributed by atoms with E-state index in [2.05, 4.69) is 10.2 Å². The zero-order chi connectivity index (χ0) is 14.8. The Morgan fingerprint density at radius 1 is 1.09 bits per heavy atom. The second kappa shape index (κ2) is 7.91. The van der Waals surface area contributed by atoms with Gasteiger partial charge in [0.05, 0.1) is 0 Å². The minimum Gasteiger partial charge on any atom is -0.314 e. The molecule has 0 radical (unpaired) electrons. The Labute approximate surface area is 141 Å². The first-order valence-electron chi connectivity index (χ1n) is 7.76. The van der Waals surface area contributed by atoms with Crippen LogP contribution in [0.15, 0.2) is 12.1 Å². The highest BCUT2D eigenvalue weighted by Gasteiger charge is 2.35. The number of rotatable bonds is 3. The fourth-order valence-electron chi connectivity index (χ4n) is 3.79. The van der Waals surface area contributed by atoms with Gasteiger partial charge in [0.2, 0.25) is 0 Å². The molecule has 1 aliphatic heterocycles. The standard InChI is InChI=1S/C16H21ClF2N2.ClH/c17-12-9-13(18)15(14(19)10-12)16(11-3-1-2-4-11)21-7-5-20-6-8-21;/h9-11,16,20H,1-8H2;1H/t16-;/m0./s1. The fraction of sp³-hybridized carbons (Fsp3) is 0.625. The van der Waals surface area contributed by atoms with Gasteiger partial charge in [-0.15, -0.1) is 12.4 Å². The van der Waals surface area contributed by atoms with Crippen molar-refractivity contribution in [3.63, 3.8) is 0 Å². The van der Waals surface area contributed by atoms with Crippen molar-refractivity contribution in [3.8, 4) is 0 Å². The number of benzene rings is 1. The molecular weight excluding hydrogens is 329 g/mol. The van der Waals surface area contributed by atoms with Gasteiger partial charge in [-0.3, -0.25) is 4.90 Å². The lowest BCUT2D eigenvalue weighted by Gasteiger charge is -2.38. The van der Waals surface area contributed by atoms with Crippen molar-refractivity contribution >= 4 is 24.0 Å². The van der Waals surface area contributed by atoms with Crippen LogP contribution in [0.25, 0.3) is 0 Å². The highest BCUT2D eigenvalue weighted by atomic mass is 35.5. The molecule has 0 unspecified atom stereocenters. The van der Waals surface area contributed by atoms with Gasteiger partial charge in [0, 0.05) is 42.8 Å². The van der Waals surface area contributed by atoms with Gasteiger partial charge in [-0.1, -0.05) is 24.4 Å². The Bertz CT molecular complexity index is 478. The molecule has 0 amide bonds. The molecule has 1 aromatic carbocycles. The van der Waals surface area contributed by atoms with Crippen LogP contribution in [-0.2, 0) is 0 Å². The molecule has 0 bridgehead atoms. The second-order valence-electron chi connectivity index (χ2n) is 6.06. The van der Waals surface area contributed by atoms with E-state index in [1.165, 1.54) is 12.1 Å². The zero-order valence-corrected chi connectivity index (χ0v) is 14.0. The van der Waals surface area contributed by atoms with Crippen LogP contribution < -0.4 is 5.32 Å². The van der Waals surface area contributed by atoms with Crippen LogP contribution in [0.1, 0.15) is 37.3 Å². The van der Waals surface area contributed by atoms with E-state index in [9.17, 15) is 8.78 Å². The largest absolute Gasteiger partial charge is 0.314 e. The first kappa shape index (κ1) is 17.9. The Balaban J connectivity index is 0.00000176. The quantitative estimate of drug-likeness (QED) is 0.879. The van der Waals surface area contributed by atoms with Crippen molar-refractivity contribution in [1.29, 1.82) is 0 Å². The highest BCUT2D eigenvalue weighted by Crippen LogP contribution is 2.41. The molecule has 22 heavy (non-hydrogen) atoms. The van der Waals surface area contributed by atoms with Crippen molar-refractivity contribution in [1.82, 2.24) is 10.2 Å². The summed E-state index contributed by atoms with van der Waals surface area (Å²) in [5.74, 6) is -0.667. The van der Waals surface area contributed by atoms with E-state index < -0.39 is 11.6 Å². The predicted octanol–water partition coefficient (Wildman–Crippen LogP) is 4.18. The number of halogens is 4. The van der Waals surface area contributed by atoms with Gasteiger partial charge in [-0.25, -0.2) is 8.78 Å². The van der Waals surface area contributed by atoms with Crippen LogP contribution in [0, 0.1) is 17.6 Å². The lowest BCUT2D eigenvalue weighted by atomic mass is 9.89. The van der Waals surface area contributed by atoms with E-state index in [1.54, 1.807) is 0 Å². The summed E-state index contributed by atoms with van der Waals surface area (Å²) in [6.07, 6.45) is 4.42. The molecule has 124 valence electrons. The minimum atomic E-state index is -0.504. The number of hydrogen-bond donors (Lipinski definition) is 1. The van der Waals surface area contributed by atoms with E-state index >= 15 is 0 Å². The van der Waals surface area contributed by atoms with Crippen LogP contribution >= 0.6 is 24.0 Å². The molecule has 1 aliphatic carbocycles. The molecule has 2 aliphatic rings. The van der Waals surface area contributed by atoms with Crippen molar-refractivity contribution < 1.29 is 8.78 Å². The Morgan fingerprint density at radius 3 is 2.18 bits per heavy atom. The smallest absolute Gasteiger partial charge is 0.132 e. The van der Waals surface area contributed by atoms with Gasteiger partial charge in [-0.05, 0) is 30.9 Å². The Hall–Kier alpha value is -0.420. The maximum atomic E-state index is 14.4. The minimum absolute atomic E-state index is 0. The molecule has 1 atom stereocenters. The summed E-state index contributed by atoms with van der Waals surface area (Å²) >= 11 is 5.77. The van der Waals surface area contributed by atoms with Gasteiger partial charge < -0.3 is 5.32 Å². The maximum absolute atomic E-state index is 14.4. The average molecular weight is 351 g/mol. The summed E-state index contributed by atoms with van der Waals surface area (Å²) in [5.41, 5.74) is 0.216. The normalized spacial score (nSPS) is 21.6. The lowest BCUT2D eigenvalue weighted by molar-refractivity contribution is 0.119. The number of nitrogens with one attached hydrogen (secondary N) is 1. The number of piperazine rings is 1. The predicted molar refractivity (Wildman–Crippen MR) is 87.8 cm³/mol. The second-order valence-corrected chi connectivity index (χ2v) is 6.49. The van der Waals surface area contributed by atoms with Gasteiger partial charge >= 0.3 is 0 Å². The Morgan fingerprint density at radius 2 is 1.64 bits per heavy atom. The van der Waals surface area contributed by atoms with Crippen molar-refractivity contribution in [2.24, 2.45) is 5.92 Å². The molecule has 1 heterocycles. The monoisotopic (exact) mass is 350 g/mol. The molecule has 0 aromatic heterocycles. The van der Waals surface area contributed by atoms with Gasteiger partial charge in [0.25, 0.3) is 0 Å². The van der Waals surface area contributed by atoms with Crippen LogP contribution in [0.5, 0.6) is 0 Å². The van der Waals surface area contributed by atoms with E-state index in [0.29, 0.717) is 5.92 Å². The third-order valence-corrected chi connectivity index (χ3v) is 4.95. The molecule has 2 fully saturated rings. The molecule has 3 rings (SSSR count). The van der Waals surface area contributed by atoms with Crippen LogP contribution in [-0.4, -0.2) is 31.1 Å². The average Bonchev–Trinajstić information content (AvgIpc) is 2.97. The molecule has 6 heteroatoms. The molecule has 2 nitrogen and oxygen atoms in total. The molecule has 1 aromatic rings. The Kier molecular flexibility index (Phi) is 6.45. The molecular formula is C16H22Cl2F2N2. The van der Waals surface area contributed by atoms with Crippen molar-refractivity contribution in [2.75, 3.05) is 26.2 Å². The third-order valence-electron chi connectivity index (χ3n) is 4.73. The topological polar surface area (TPSA) is 15.3 Å². The molecule has 1 saturated carbocycles. The summed E-state index contributed by atoms with van der Waals surface area (Å²) in [7, 11) is 0. The summed E-state index contributed by atoms with van der Waals surface area (Å²) < 4.78 is 28.8. The van der Waals surface area contributed by atoms with E-state index in [-0.39, 0.29) is 29.0 Å². The van der Waals surface area contributed by atoms with Crippen molar-refractivity contribution in [3.05, 3.63) is 34.4 Å². The van der Waals surface area contributed by atoms with Crippen molar-refractivity contribution in [2.45, 2.75) is 31.7 Å². The zero-order valence-electron chi connectivity index (χ0n) is 12.5.